The molecule has 2 rings (SSSR count). The zero-order valence-electron chi connectivity index (χ0n) is 12.9. The molecule has 0 spiro atoms. The lowest BCUT2D eigenvalue weighted by Crippen LogP contribution is -2.29. The first-order chi connectivity index (χ1) is 9.97. The Morgan fingerprint density at radius 3 is 2.57 bits per heavy atom. The zero-order valence-corrected chi connectivity index (χ0v) is 13.7. The van der Waals surface area contributed by atoms with Gasteiger partial charge in [-0.3, -0.25) is 4.72 Å². The molecule has 0 aromatic heterocycles. The smallest absolute Gasteiger partial charge is 0.235 e. The van der Waals surface area contributed by atoms with E-state index in [1.807, 2.05) is 24.3 Å². The average molecular weight is 310 g/mol. The van der Waals surface area contributed by atoms with E-state index in [2.05, 4.69) is 23.9 Å². The Labute approximate surface area is 128 Å². The largest absolute Gasteiger partial charge is 0.310 e. The van der Waals surface area contributed by atoms with E-state index in [0.29, 0.717) is 11.7 Å². The van der Waals surface area contributed by atoms with Crippen molar-refractivity contribution in [3.8, 4) is 0 Å². The van der Waals surface area contributed by atoms with Gasteiger partial charge in [0.2, 0.25) is 10.0 Å². The van der Waals surface area contributed by atoms with Gasteiger partial charge in [0.25, 0.3) is 0 Å². The van der Waals surface area contributed by atoms with Crippen molar-refractivity contribution >= 4 is 15.7 Å². The second-order valence-electron chi connectivity index (χ2n) is 6.14. The summed E-state index contributed by atoms with van der Waals surface area (Å²) >= 11 is 0. The van der Waals surface area contributed by atoms with E-state index in [1.165, 1.54) is 0 Å². The Bertz CT molecular complexity index is 549. The summed E-state index contributed by atoms with van der Waals surface area (Å²) in [6, 6.07) is 8.05. The Morgan fingerprint density at radius 2 is 1.90 bits per heavy atom. The molecule has 0 aliphatic heterocycles. The van der Waals surface area contributed by atoms with Gasteiger partial charge in [0.15, 0.2) is 0 Å². The number of hydrogen-bond acceptors (Lipinski definition) is 3. The maximum atomic E-state index is 12.4. The molecule has 1 aromatic carbocycles. The predicted molar refractivity (Wildman–Crippen MR) is 87.8 cm³/mol. The molecular weight excluding hydrogens is 284 g/mol. The van der Waals surface area contributed by atoms with Gasteiger partial charge in [-0.05, 0) is 30.5 Å². The van der Waals surface area contributed by atoms with Crippen LogP contribution < -0.4 is 10.0 Å². The van der Waals surface area contributed by atoms with Crippen molar-refractivity contribution < 1.29 is 8.42 Å². The average Bonchev–Trinajstić information content (AvgIpc) is 2.46. The fraction of sp³-hybridized carbons (Fsp3) is 0.625. The molecule has 2 N–H and O–H groups in total. The van der Waals surface area contributed by atoms with Crippen molar-refractivity contribution in [2.45, 2.75) is 63.8 Å². The highest BCUT2D eigenvalue weighted by Crippen LogP contribution is 2.25. The van der Waals surface area contributed by atoms with Crippen LogP contribution in [0.15, 0.2) is 24.3 Å². The lowest BCUT2D eigenvalue weighted by Gasteiger charge is -2.22. The third-order valence-corrected chi connectivity index (χ3v) is 5.76. The van der Waals surface area contributed by atoms with Crippen molar-refractivity contribution in [1.82, 2.24) is 5.32 Å². The van der Waals surface area contributed by atoms with Gasteiger partial charge in [-0.1, -0.05) is 45.2 Å². The molecule has 0 unspecified atom stereocenters. The molecule has 0 amide bonds. The number of sulfonamides is 1. The highest BCUT2D eigenvalue weighted by atomic mass is 32.2. The number of anilines is 1. The normalized spacial score (nSPS) is 17.1. The molecule has 0 atom stereocenters. The highest BCUT2D eigenvalue weighted by Gasteiger charge is 2.27. The van der Waals surface area contributed by atoms with Crippen molar-refractivity contribution in [2.24, 2.45) is 0 Å². The van der Waals surface area contributed by atoms with E-state index in [1.54, 1.807) is 0 Å². The molecule has 4 nitrogen and oxygen atoms in total. The van der Waals surface area contributed by atoms with Crippen LogP contribution in [-0.2, 0) is 16.6 Å². The molecular formula is C16H26N2O2S. The van der Waals surface area contributed by atoms with Crippen LogP contribution in [0.4, 0.5) is 5.69 Å². The molecule has 0 heterocycles. The van der Waals surface area contributed by atoms with Gasteiger partial charge in [-0.15, -0.1) is 0 Å². The molecule has 1 fully saturated rings. The Hall–Kier alpha value is -1.07. The van der Waals surface area contributed by atoms with Crippen LogP contribution in [0.5, 0.6) is 0 Å². The number of nitrogens with one attached hydrogen (secondary N) is 2. The second-order valence-corrected chi connectivity index (χ2v) is 8.10. The Kier molecular flexibility index (Phi) is 5.65. The van der Waals surface area contributed by atoms with Crippen molar-refractivity contribution in [1.29, 1.82) is 0 Å². The molecule has 1 aliphatic rings. The maximum Gasteiger partial charge on any atom is 0.235 e. The van der Waals surface area contributed by atoms with Gasteiger partial charge in [0, 0.05) is 18.3 Å². The summed E-state index contributed by atoms with van der Waals surface area (Å²) in [5, 5.41) is 3.11. The molecule has 0 radical (unpaired) electrons. The van der Waals surface area contributed by atoms with Gasteiger partial charge in [-0.2, -0.15) is 0 Å². The van der Waals surface area contributed by atoms with Crippen molar-refractivity contribution in [3.05, 3.63) is 29.8 Å². The van der Waals surface area contributed by atoms with Crippen LogP contribution in [0.2, 0.25) is 0 Å². The van der Waals surface area contributed by atoms with Gasteiger partial charge >= 0.3 is 0 Å². The quantitative estimate of drug-likeness (QED) is 0.848. The van der Waals surface area contributed by atoms with E-state index < -0.39 is 10.0 Å². The first-order valence-corrected chi connectivity index (χ1v) is 9.36. The van der Waals surface area contributed by atoms with Gasteiger partial charge in [0.05, 0.1) is 5.25 Å². The van der Waals surface area contributed by atoms with Crippen LogP contribution in [0, 0.1) is 0 Å². The minimum absolute atomic E-state index is 0.233. The van der Waals surface area contributed by atoms with Crippen molar-refractivity contribution in [2.75, 3.05) is 4.72 Å². The molecule has 1 aliphatic carbocycles. The summed E-state index contributed by atoms with van der Waals surface area (Å²) in [5.74, 6) is 0. The number of rotatable bonds is 6. The molecule has 21 heavy (non-hydrogen) atoms. The van der Waals surface area contributed by atoms with Crippen LogP contribution in [-0.4, -0.2) is 19.7 Å². The van der Waals surface area contributed by atoms with Gasteiger partial charge < -0.3 is 5.32 Å². The second kappa shape index (κ2) is 7.27. The minimum Gasteiger partial charge on any atom is -0.310 e. The third-order valence-electron chi connectivity index (χ3n) is 3.89. The van der Waals surface area contributed by atoms with Crippen LogP contribution >= 0.6 is 0 Å². The first-order valence-electron chi connectivity index (χ1n) is 7.81. The summed E-state index contributed by atoms with van der Waals surface area (Å²) in [4.78, 5) is 0. The van der Waals surface area contributed by atoms with Crippen molar-refractivity contribution in [3.63, 3.8) is 0 Å². The summed E-state index contributed by atoms with van der Waals surface area (Å²) in [6.07, 6.45) is 4.75. The SMILES string of the molecule is CC(C)NCc1cccc(NS(=O)(=O)C2CCCCC2)c1. The van der Waals surface area contributed by atoms with Crippen LogP contribution in [0.3, 0.4) is 0 Å². The minimum atomic E-state index is -3.25. The standard InChI is InChI=1S/C16H26N2O2S/c1-13(2)17-12-14-7-6-8-15(11-14)18-21(19,20)16-9-4-3-5-10-16/h6-8,11,13,16-18H,3-5,9-10,12H2,1-2H3. The first kappa shape index (κ1) is 16.3. The zero-order chi connectivity index (χ0) is 15.3. The number of benzene rings is 1. The Balaban J connectivity index is 2.02. The van der Waals surface area contributed by atoms with Gasteiger partial charge in [-0.25, -0.2) is 8.42 Å². The molecule has 0 bridgehead atoms. The lowest BCUT2D eigenvalue weighted by molar-refractivity contribution is 0.486. The van der Waals surface area contributed by atoms with Crippen LogP contribution in [0.1, 0.15) is 51.5 Å². The monoisotopic (exact) mass is 310 g/mol. The van der Waals surface area contributed by atoms with Crippen LogP contribution in [0.25, 0.3) is 0 Å². The highest BCUT2D eigenvalue weighted by molar-refractivity contribution is 7.93. The summed E-state index contributed by atoms with van der Waals surface area (Å²) < 4.78 is 27.6. The fourth-order valence-corrected chi connectivity index (χ4v) is 4.27. The lowest BCUT2D eigenvalue weighted by atomic mass is 10.0. The topological polar surface area (TPSA) is 58.2 Å². The van der Waals surface area contributed by atoms with E-state index in [0.717, 1.165) is 44.2 Å². The molecule has 1 saturated carbocycles. The van der Waals surface area contributed by atoms with E-state index in [4.69, 9.17) is 0 Å². The molecule has 118 valence electrons. The van der Waals surface area contributed by atoms with Gasteiger partial charge in [0.1, 0.15) is 0 Å². The maximum absolute atomic E-state index is 12.4. The van der Waals surface area contributed by atoms with E-state index in [-0.39, 0.29) is 5.25 Å². The van der Waals surface area contributed by atoms with E-state index in [9.17, 15) is 8.42 Å². The molecule has 5 heteroatoms. The molecule has 1 aromatic rings. The number of hydrogen-bond donors (Lipinski definition) is 2. The fourth-order valence-electron chi connectivity index (χ4n) is 2.69. The summed E-state index contributed by atoms with van der Waals surface area (Å²) in [6.45, 7) is 4.93. The summed E-state index contributed by atoms with van der Waals surface area (Å²) in [5.41, 5.74) is 1.76. The summed E-state index contributed by atoms with van der Waals surface area (Å²) in [7, 11) is -3.25. The third kappa shape index (κ3) is 5.00. The predicted octanol–water partition coefficient (Wildman–Crippen LogP) is 3.26. The Morgan fingerprint density at radius 1 is 1.19 bits per heavy atom. The molecule has 0 saturated heterocycles. The van der Waals surface area contributed by atoms with E-state index >= 15 is 0 Å².